The summed E-state index contributed by atoms with van der Waals surface area (Å²) in [7, 11) is 0. The first kappa shape index (κ1) is 15.9. The highest BCUT2D eigenvalue weighted by atomic mass is 16.5. The number of nitrogens with zero attached hydrogens (tertiary/aromatic N) is 6. The van der Waals surface area contributed by atoms with Crippen molar-refractivity contribution in [2.45, 2.75) is 26.1 Å². The Labute approximate surface area is 145 Å². The SMILES string of the molecule is Cc1nc(N)c2nnn(CC3CN(Cc4ccccc4)CCO3)c2n1. The van der Waals surface area contributed by atoms with Crippen LogP contribution in [0.25, 0.3) is 11.2 Å². The van der Waals surface area contributed by atoms with Crippen molar-refractivity contribution in [2.75, 3.05) is 25.4 Å². The number of aryl methyl sites for hydroxylation is 1. The Morgan fingerprint density at radius 2 is 2.08 bits per heavy atom. The molecular weight excluding hydrogens is 318 g/mol. The van der Waals surface area contributed by atoms with Crippen molar-refractivity contribution in [1.82, 2.24) is 29.9 Å². The molecule has 2 aromatic heterocycles. The van der Waals surface area contributed by atoms with Gasteiger partial charge in [-0.2, -0.15) is 0 Å². The van der Waals surface area contributed by atoms with E-state index in [2.05, 4.69) is 49.4 Å². The van der Waals surface area contributed by atoms with E-state index < -0.39 is 0 Å². The summed E-state index contributed by atoms with van der Waals surface area (Å²) in [5, 5.41) is 8.29. The molecule has 3 aromatic rings. The number of benzene rings is 1. The molecule has 1 fully saturated rings. The van der Waals surface area contributed by atoms with Gasteiger partial charge in [-0.1, -0.05) is 35.5 Å². The fraction of sp³-hybridized carbons (Fsp3) is 0.412. The summed E-state index contributed by atoms with van der Waals surface area (Å²) in [6.45, 7) is 5.81. The van der Waals surface area contributed by atoms with Crippen LogP contribution in [0, 0.1) is 6.92 Å². The summed E-state index contributed by atoms with van der Waals surface area (Å²) in [5.74, 6) is 0.979. The smallest absolute Gasteiger partial charge is 0.184 e. The van der Waals surface area contributed by atoms with Gasteiger partial charge in [-0.3, -0.25) is 4.90 Å². The van der Waals surface area contributed by atoms with Crippen molar-refractivity contribution in [3.63, 3.8) is 0 Å². The van der Waals surface area contributed by atoms with Gasteiger partial charge in [0, 0.05) is 19.6 Å². The van der Waals surface area contributed by atoms with Crippen molar-refractivity contribution in [2.24, 2.45) is 0 Å². The Morgan fingerprint density at radius 1 is 1.24 bits per heavy atom. The fourth-order valence-corrected chi connectivity index (χ4v) is 3.18. The molecule has 0 radical (unpaired) electrons. The summed E-state index contributed by atoms with van der Waals surface area (Å²) in [6.07, 6.45) is 0.0406. The summed E-state index contributed by atoms with van der Waals surface area (Å²) >= 11 is 0. The zero-order chi connectivity index (χ0) is 17.2. The van der Waals surface area contributed by atoms with Crippen LogP contribution in [0.4, 0.5) is 5.82 Å². The van der Waals surface area contributed by atoms with E-state index in [9.17, 15) is 0 Å². The molecule has 4 rings (SSSR count). The third kappa shape index (κ3) is 3.45. The number of anilines is 1. The predicted molar refractivity (Wildman–Crippen MR) is 93.7 cm³/mol. The first-order valence-electron chi connectivity index (χ1n) is 8.40. The molecule has 0 saturated carbocycles. The molecule has 1 aromatic carbocycles. The van der Waals surface area contributed by atoms with E-state index >= 15 is 0 Å². The molecule has 0 aliphatic carbocycles. The molecule has 1 aliphatic rings. The molecular formula is C17H21N7O. The Morgan fingerprint density at radius 3 is 2.92 bits per heavy atom. The standard InChI is InChI=1S/C17H21N7O/c1-12-19-16(18)15-17(20-12)24(22-21-15)11-14-10-23(7-8-25-14)9-13-5-3-2-4-6-13/h2-6,14H,7-11H2,1H3,(H2,18,19,20). The van der Waals surface area contributed by atoms with Crippen molar-refractivity contribution >= 4 is 17.0 Å². The van der Waals surface area contributed by atoms with Gasteiger partial charge in [0.15, 0.2) is 17.0 Å². The molecule has 8 heteroatoms. The predicted octanol–water partition coefficient (Wildman–Crippen LogP) is 1.01. The Bertz CT molecular complexity index is 864. The lowest BCUT2D eigenvalue weighted by molar-refractivity contribution is -0.0399. The molecule has 2 N–H and O–H groups in total. The molecule has 3 heterocycles. The third-order valence-electron chi connectivity index (χ3n) is 4.35. The third-order valence-corrected chi connectivity index (χ3v) is 4.35. The lowest BCUT2D eigenvalue weighted by Crippen LogP contribution is -2.43. The molecule has 0 spiro atoms. The van der Waals surface area contributed by atoms with E-state index in [1.54, 1.807) is 4.68 Å². The second kappa shape index (κ2) is 6.73. The lowest BCUT2D eigenvalue weighted by atomic mass is 10.2. The van der Waals surface area contributed by atoms with Gasteiger partial charge in [0.2, 0.25) is 0 Å². The van der Waals surface area contributed by atoms with E-state index in [1.807, 2.05) is 13.0 Å². The summed E-state index contributed by atoms with van der Waals surface area (Å²) in [4.78, 5) is 11.0. The van der Waals surface area contributed by atoms with Crippen molar-refractivity contribution in [3.8, 4) is 0 Å². The number of rotatable bonds is 4. The molecule has 8 nitrogen and oxygen atoms in total. The van der Waals surface area contributed by atoms with Gasteiger partial charge in [0.05, 0.1) is 19.3 Å². The summed E-state index contributed by atoms with van der Waals surface area (Å²) in [6, 6.07) is 10.5. The fourth-order valence-electron chi connectivity index (χ4n) is 3.18. The summed E-state index contributed by atoms with van der Waals surface area (Å²) < 4.78 is 7.68. The Balaban J connectivity index is 1.47. The maximum atomic E-state index is 5.92. The number of aromatic nitrogens is 5. The van der Waals surface area contributed by atoms with Crippen molar-refractivity contribution in [1.29, 1.82) is 0 Å². The second-order valence-electron chi connectivity index (χ2n) is 6.31. The van der Waals surface area contributed by atoms with Crippen LogP contribution in [0.5, 0.6) is 0 Å². The second-order valence-corrected chi connectivity index (χ2v) is 6.31. The number of nitrogens with two attached hydrogens (primary N) is 1. The van der Waals surface area contributed by atoms with Gasteiger partial charge < -0.3 is 10.5 Å². The number of fused-ring (bicyclic) bond motifs is 1. The maximum Gasteiger partial charge on any atom is 0.184 e. The van der Waals surface area contributed by atoms with Gasteiger partial charge >= 0.3 is 0 Å². The number of hydrogen-bond donors (Lipinski definition) is 1. The van der Waals surface area contributed by atoms with Crippen LogP contribution >= 0.6 is 0 Å². The Kier molecular flexibility index (Phi) is 4.29. The monoisotopic (exact) mass is 339 g/mol. The van der Waals surface area contributed by atoms with Crippen LogP contribution < -0.4 is 5.73 Å². The minimum atomic E-state index is 0.0406. The highest BCUT2D eigenvalue weighted by Crippen LogP contribution is 2.17. The molecule has 1 aliphatic heterocycles. The highest BCUT2D eigenvalue weighted by Gasteiger charge is 2.23. The van der Waals surface area contributed by atoms with E-state index in [0.29, 0.717) is 36.0 Å². The van der Waals surface area contributed by atoms with E-state index in [0.717, 1.165) is 19.6 Å². The minimum Gasteiger partial charge on any atom is -0.382 e. The van der Waals surface area contributed by atoms with Crippen LogP contribution in [0.3, 0.4) is 0 Å². The Hall–Kier alpha value is -2.58. The number of ether oxygens (including phenoxy) is 1. The maximum absolute atomic E-state index is 5.92. The zero-order valence-electron chi connectivity index (χ0n) is 14.2. The molecule has 130 valence electrons. The number of morpholine rings is 1. The van der Waals surface area contributed by atoms with Gasteiger partial charge in [0.25, 0.3) is 0 Å². The average Bonchev–Trinajstić information content (AvgIpc) is 2.99. The molecule has 1 saturated heterocycles. The topological polar surface area (TPSA) is 95.0 Å². The average molecular weight is 339 g/mol. The van der Waals surface area contributed by atoms with Gasteiger partial charge in [-0.15, -0.1) is 5.10 Å². The van der Waals surface area contributed by atoms with E-state index in [1.165, 1.54) is 5.56 Å². The lowest BCUT2D eigenvalue weighted by Gasteiger charge is -2.32. The van der Waals surface area contributed by atoms with E-state index in [4.69, 9.17) is 10.5 Å². The first-order chi connectivity index (χ1) is 12.2. The van der Waals surface area contributed by atoms with Crippen LogP contribution in [-0.2, 0) is 17.8 Å². The van der Waals surface area contributed by atoms with Crippen molar-refractivity contribution in [3.05, 3.63) is 41.7 Å². The van der Waals surface area contributed by atoms with Gasteiger partial charge in [-0.05, 0) is 12.5 Å². The summed E-state index contributed by atoms with van der Waals surface area (Å²) in [5.41, 5.74) is 8.42. The first-order valence-corrected chi connectivity index (χ1v) is 8.40. The quantitative estimate of drug-likeness (QED) is 0.758. The van der Waals surface area contributed by atoms with Crippen LogP contribution in [0.1, 0.15) is 11.4 Å². The van der Waals surface area contributed by atoms with Crippen molar-refractivity contribution < 1.29 is 4.74 Å². The van der Waals surface area contributed by atoms with E-state index in [-0.39, 0.29) is 6.10 Å². The molecule has 0 bridgehead atoms. The molecule has 25 heavy (non-hydrogen) atoms. The number of hydrogen-bond acceptors (Lipinski definition) is 7. The van der Waals surface area contributed by atoms with Crippen LogP contribution in [-0.4, -0.2) is 55.7 Å². The number of nitrogen functional groups attached to an aromatic ring is 1. The minimum absolute atomic E-state index is 0.0406. The van der Waals surface area contributed by atoms with Crippen LogP contribution in [0.2, 0.25) is 0 Å². The molecule has 0 amide bonds. The van der Waals surface area contributed by atoms with Gasteiger partial charge in [0.1, 0.15) is 5.82 Å². The van der Waals surface area contributed by atoms with Gasteiger partial charge in [-0.25, -0.2) is 14.6 Å². The normalized spacial score (nSPS) is 18.7. The molecule has 1 atom stereocenters. The van der Waals surface area contributed by atoms with Crippen LogP contribution in [0.15, 0.2) is 30.3 Å². The largest absolute Gasteiger partial charge is 0.382 e. The highest BCUT2D eigenvalue weighted by molar-refractivity contribution is 5.80. The zero-order valence-corrected chi connectivity index (χ0v) is 14.2. The molecule has 1 unspecified atom stereocenters.